The molecule has 0 spiro atoms. The number of anilines is 1. The van der Waals surface area contributed by atoms with Crippen LogP contribution in [0.3, 0.4) is 0 Å². The van der Waals surface area contributed by atoms with Crippen LogP contribution in [-0.2, 0) is 18.3 Å². The largest absolute Gasteiger partial charge is 0.464 e. The first-order valence-corrected chi connectivity index (χ1v) is 7.20. The van der Waals surface area contributed by atoms with Crippen LogP contribution in [0.25, 0.3) is 0 Å². The third kappa shape index (κ3) is 3.06. The summed E-state index contributed by atoms with van der Waals surface area (Å²) < 4.78 is 8.41. The lowest BCUT2D eigenvalue weighted by molar-refractivity contribution is 0.0594. The monoisotopic (exact) mass is 403 g/mol. The van der Waals surface area contributed by atoms with Crippen LogP contribution in [0.15, 0.2) is 12.4 Å². The molecule has 0 aliphatic carbocycles. The van der Waals surface area contributed by atoms with E-state index in [1.54, 1.807) is 24.1 Å². The van der Waals surface area contributed by atoms with E-state index < -0.39 is 5.97 Å². The van der Waals surface area contributed by atoms with Gasteiger partial charge in [-0.05, 0) is 29.5 Å². The fourth-order valence-corrected chi connectivity index (χ4v) is 2.49. The van der Waals surface area contributed by atoms with Gasteiger partial charge in [-0.2, -0.15) is 10.2 Å². The van der Waals surface area contributed by atoms with E-state index >= 15 is 0 Å². The Hall–Kier alpha value is -1.91. The molecule has 1 amide bonds. The molecule has 0 saturated carbocycles. The number of amides is 1. The number of hydrogen-bond donors (Lipinski definition) is 1. The number of nitrogens with zero attached hydrogens (tertiary/aromatic N) is 4. The third-order valence-electron chi connectivity index (χ3n) is 2.82. The maximum absolute atomic E-state index is 12.3. The van der Waals surface area contributed by atoms with Gasteiger partial charge in [0.15, 0.2) is 5.69 Å². The summed E-state index contributed by atoms with van der Waals surface area (Å²) in [4.78, 5) is 24.0. The molecule has 0 radical (unpaired) electrons. The topological polar surface area (TPSA) is 91.0 Å². The van der Waals surface area contributed by atoms with Crippen molar-refractivity contribution in [2.75, 3.05) is 12.4 Å². The van der Waals surface area contributed by atoms with Gasteiger partial charge in [-0.3, -0.25) is 14.2 Å². The lowest BCUT2D eigenvalue weighted by Gasteiger charge is -2.05. The summed E-state index contributed by atoms with van der Waals surface area (Å²) in [5, 5.41) is 10.8. The summed E-state index contributed by atoms with van der Waals surface area (Å²) in [6.07, 6.45) is 3.18. The number of rotatable bonds is 4. The lowest BCUT2D eigenvalue weighted by Crippen LogP contribution is -2.18. The highest BCUT2D eigenvalue weighted by molar-refractivity contribution is 14.1. The van der Waals surface area contributed by atoms with E-state index in [0.717, 1.165) is 3.57 Å². The summed E-state index contributed by atoms with van der Waals surface area (Å²) in [6.45, 7) is 2.45. The molecule has 0 aliphatic rings. The summed E-state index contributed by atoms with van der Waals surface area (Å²) >= 11 is 2.02. The number of ether oxygens (including phenoxy) is 1. The average Bonchev–Trinajstić information content (AvgIpc) is 3.01. The molecule has 8 nitrogen and oxygen atoms in total. The van der Waals surface area contributed by atoms with Crippen molar-refractivity contribution >= 4 is 40.2 Å². The van der Waals surface area contributed by atoms with Gasteiger partial charge in [0.1, 0.15) is 5.69 Å². The summed E-state index contributed by atoms with van der Waals surface area (Å²) in [7, 11) is 2.94. The molecule has 2 heterocycles. The maximum Gasteiger partial charge on any atom is 0.360 e. The molecule has 0 fully saturated rings. The van der Waals surface area contributed by atoms with Crippen molar-refractivity contribution in [1.29, 1.82) is 0 Å². The van der Waals surface area contributed by atoms with Gasteiger partial charge < -0.3 is 10.1 Å². The number of halogens is 1. The van der Waals surface area contributed by atoms with Gasteiger partial charge in [-0.1, -0.05) is 0 Å². The van der Waals surface area contributed by atoms with Gasteiger partial charge in [-0.15, -0.1) is 0 Å². The predicted molar refractivity (Wildman–Crippen MR) is 83.1 cm³/mol. The highest BCUT2D eigenvalue weighted by Gasteiger charge is 2.22. The molecule has 2 aromatic heterocycles. The van der Waals surface area contributed by atoms with Crippen LogP contribution < -0.4 is 5.32 Å². The first-order chi connectivity index (χ1) is 9.97. The van der Waals surface area contributed by atoms with E-state index in [1.165, 1.54) is 11.8 Å². The van der Waals surface area contributed by atoms with Crippen LogP contribution in [0.5, 0.6) is 0 Å². The Morgan fingerprint density at radius 3 is 2.71 bits per heavy atom. The average molecular weight is 403 g/mol. The molecule has 21 heavy (non-hydrogen) atoms. The Morgan fingerprint density at radius 1 is 1.48 bits per heavy atom. The zero-order chi connectivity index (χ0) is 15.6. The van der Waals surface area contributed by atoms with E-state index in [2.05, 4.69) is 20.3 Å². The minimum Gasteiger partial charge on any atom is -0.464 e. The molecule has 0 bridgehead atoms. The standard InChI is InChI=1S/C12H14IN5O3/c1-4-18-6-8(9(16-18)12(20)21-3)15-11(19)10-7(13)5-14-17(10)2/h5-6H,4H2,1-3H3,(H,15,19). The number of nitrogens with one attached hydrogen (secondary N) is 1. The van der Waals surface area contributed by atoms with E-state index in [-0.39, 0.29) is 11.6 Å². The van der Waals surface area contributed by atoms with Gasteiger partial charge in [0.2, 0.25) is 0 Å². The van der Waals surface area contributed by atoms with Crippen molar-refractivity contribution < 1.29 is 14.3 Å². The van der Waals surface area contributed by atoms with Gasteiger partial charge in [-0.25, -0.2) is 4.79 Å². The van der Waals surface area contributed by atoms with Crippen LogP contribution in [0.4, 0.5) is 5.69 Å². The van der Waals surface area contributed by atoms with Gasteiger partial charge in [0, 0.05) is 19.8 Å². The third-order valence-corrected chi connectivity index (χ3v) is 3.61. The van der Waals surface area contributed by atoms with E-state index in [0.29, 0.717) is 17.9 Å². The summed E-state index contributed by atoms with van der Waals surface area (Å²) in [5.41, 5.74) is 0.797. The second-order valence-corrected chi connectivity index (χ2v) is 5.32. The molecule has 1 N–H and O–H groups in total. The molecule has 112 valence electrons. The summed E-state index contributed by atoms with van der Waals surface area (Å²) in [6, 6.07) is 0. The Bertz CT molecular complexity index is 672. The van der Waals surface area contributed by atoms with Crippen LogP contribution in [-0.4, -0.2) is 38.5 Å². The molecule has 2 aromatic rings. The van der Waals surface area contributed by atoms with Crippen LogP contribution in [0, 0.1) is 3.57 Å². The van der Waals surface area contributed by atoms with Crippen molar-refractivity contribution in [3.63, 3.8) is 0 Å². The SMILES string of the molecule is CCn1cc(NC(=O)c2c(I)cnn2C)c(C(=O)OC)n1. The van der Waals surface area contributed by atoms with Crippen molar-refractivity contribution in [2.45, 2.75) is 13.5 Å². The first-order valence-electron chi connectivity index (χ1n) is 6.12. The number of hydrogen-bond acceptors (Lipinski definition) is 5. The van der Waals surface area contributed by atoms with Crippen LogP contribution in [0.2, 0.25) is 0 Å². The Labute approximate surface area is 134 Å². The van der Waals surface area contributed by atoms with E-state index in [4.69, 9.17) is 0 Å². The second-order valence-electron chi connectivity index (χ2n) is 4.16. The molecule has 0 aromatic carbocycles. The normalized spacial score (nSPS) is 10.5. The number of carbonyl (C=O) groups excluding carboxylic acids is 2. The number of methoxy groups -OCH3 is 1. The van der Waals surface area contributed by atoms with Crippen molar-refractivity contribution in [1.82, 2.24) is 19.6 Å². The van der Waals surface area contributed by atoms with Gasteiger partial charge in [0.25, 0.3) is 5.91 Å². The minimum atomic E-state index is -0.600. The molecule has 0 saturated heterocycles. The van der Waals surface area contributed by atoms with Gasteiger partial charge >= 0.3 is 5.97 Å². The first kappa shape index (κ1) is 15.5. The minimum absolute atomic E-state index is 0.0740. The van der Waals surface area contributed by atoms with E-state index in [1.807, 2.05) is 29.5 Å². The van der Waals surface area contributed by atoms with Crippen molar-refractivity contribution in [3.05, 3.63) is 27.4 Å². The number of aromatic nitrogens is 4. The fraction of sp³-hybridized carbons (Fsp3) is 0.333. The highest BCUT2D eigenvalue weighted by Crippen LogP contribution is 2.18. The molecular weight excluding hydrogens is 389 g/mol. The lowest BCUT2D eigenvalue weighted by atomic mass is 10.3. The van der Waals surface area contributed by atoms with Crippen LogP contribution in [0.1, 0.15) is 27.9 Å². The van der Waals surface area contributed by atoms with Crippen molar-refractivity contribution in [3.8, 4) is 0 Å². The van der Waals surface area contributed by atoms with E-state index in [9.17, 15) is 9.59 Å². The molecule has 0 atom stereocenters. The molecular formula is C12H14IN5O3. The molecule has 0 aliphatic heterocycles. The smallest absolute Gasteiger partial charge is 0.360 e. The zero-order valence-electron chi connectivity index (χ0n) is 11.8. The fourth-order valence-electron chi connectivity index (χ4n) is 1.77. The second kappa shape index (κ2) is 6.24. The number of carbonyl (C=O) groups is 2. The highest BCUT2D eigenvalue weighted by atomic mass is 127. The maximum atomic E-state index is 12.3. The Kier molecular flexibility index (Phi) is 4.60. The van der Waals surface area contributed by atoms with Gasteiger partial charge in [0.05, 0.1) is 22.6 Å². The van der Waals surface area contributed by atoms with Crippen LogP contribution >= 0.6 is 22.6 Å². The molecule has 9 heteroatoms. The number of esters is 1. The van der Waals surface area contributed by atoms with Crippen molar-refractivity contribution in [2.24, 2.45) is 7.05 Å². The predicted octanol–water partition coefficient (Wildman–Crippen LogP) is 1.28. The Balaban J connectivity index is 2.33. The summed E-state index contributed by atoms with van der Waals surface area (Å²) in [5.74, 6) is -0.961. The molecule has 2 rings (SSSR count). The Morgan fingerprint density at radius 2 is 2.19 bits per heavy atom. The number of aryl methyl sites for hydroxylation is 2. The zero-order valence-corrected chi connectivity index (χ0v) is 13.9. The molecule has 0 unspecified atom stereocenters. The quantitative estimate of drug-likeness (QED) is 0.614.